The zero-order valence-corrected chi connectivity index (χ0v) is 22.2. The van der Waals surface area contributed by atoms with E-state index in [0.29, 0.717) is 39.8 Å². The quantitative estimate of drug-likeness (QED) is 0.215. The number of rotatable bonds is 6. The summed E-state index contributed by atoms with van der Waals surface area (Å²) in [6.45, 7) is 4.72. The number of ether oxygens (including phenoxy) is 1. The number of hydrogen-bond donors (Lipinski definition) is 1. The third-order valence-electron chi connectivity index (χ3n) is 6.09. The molecule has 2 heterocycles. The molecule has 0 unspecified atom stereocenters. The molecule has 7 nitrogen and oxygen atoms in total. The van der Waals surface area contributed by atoms with Gasteiger partial charge in [-0.2, -0.15) is 0 Å². The number of fused-ring (bicyclic) bond motifs is 2. The molecule has 0 aliphatic heterocycles. The van der Waals surface area contributed by atoms with Gasteiger partial charge >= 0.3 is 0 Å². The number of benzene rings is 3. The number of aromatic hydroxyl groups is 1. The van der Waals surface area contributed by atoms with Crippen LogP contribution >= 0.6 is 15.9 Å². The Hall–Kier alpha value is -4.04. The molecular weight excluding hydrogens is 532 g/mol. The van der Waals surface area contributed by atoms with Crippen LogP contribution in [0.15, 0.2) is 87.5 Å². The van der Waals surface area contributed by atoms with E-state index in [2.05, 4.69) is 40.0 Å². The van der Waals surface area contributed by atoms with E-state index in [9.17, 15) is 9.90 Å². The van der Waals surface area contributed by atoms with Crippen LogP contribution in [-0.4, -0.2) is 27.7 Å². The number of hydrogen-bond acceptors (Lipinski definition) is 5. The van der Waals surface area contributed by atoms with Crippen LogP contribution < -0.4 is 4.74 Å². The number of pyridine rings is 1. The lowest BCUT2D eigenvalue weighted by Gasteiger charge is -2.09. The summed E-state index contributed by atoms with van der Waals surface area (Å²) in [7, 11) is 1.58. The van der Waals surface area contributed by atoms with Gasteiger partial charge in [0.25, 0.3) is 5.91 Å². The average molecular weight is 557 g/mol. The second-order valence-electron chi connectivity index (χ2n) is 9.14. The van der Waals surface area contributed by atoms with Crippen LogP contribution in [0.1, 0.15) is 24.2 Å². The summed E-state index contributed by atoms with van der Waals surface area (Å²) in [5.74, 6) is 0.346. The van der Waals surface area contributed by atoms with Gasteiger partial charge in [-0.05, 0) is 48.4 Å². The van der Waals surface area contributed by atoms with Crippen molar-refractivity contribution >= 4 is 49.3 Å². The summed E-state index contributed by atoms with van der Waals surface area (Å²) >= 11 is 3.45. The Morgan fingerprint density at radius 2 is 1.81 bits per heavy atom. The Bertz CT molecular complexity index is 1660. The Morgan fingerprint density at radius 3 is 2.54 bits per heavy atom. The predicted molar refractivity (Wildman–Crippen MR) is 149 cm³/mol. The Labute approximate surface area is 222 Å². The number of carbonyl (C=O) groups is 1. The first-order valence-corrected chi connectivity index (χ1v) is 12.7. The van der Waals surface area contributed by atoms with Crippen molar-refractivity contribution in [1.29, 1.82) is 0 Å². The van der Waals surface area contributed by atoms with Crippen LogP contribution in [0.4, 0.5) is 5.69 Å². The summed E-state index contributed by atoms with van der Waals surface area (Å²) in [6, 6.07) is 22.4. The maximum atomic E-state index is 13.4. The van der Waals surface area contributed by atoms with Crippen molar-refractivity contribution in [3.8, 4) is 22.9 Å². The molecule has 0 aliphatic carbocycles. The third kappa shape index (κ3) is 4.84. The van der Waals surface area contributed by atoms with Crippen molar-refractivity contribution in [1.82, 2.24) is 9.55 Å². The number of nitrogens with zero attached hydrogens (tertiary/aromatic N) is 4. The number of para-hydroxylation sites is 1. The molecule has 0 saturated carbocycles. The second-order valence-corrected chi connectivity index (χ2v) is 10.1. The highest BCUT2D eigenvalue weighted by atomic mass is 79.9. The molecule has 5 rings (SSSR count). The number of methoxy groups -OCH3 is 1. The van der Waals surface area contributed by atoms with E-state index < -0.39 is 5.91 Å². The minimum atomic E-state index is -0.524. The average Bonchev–Trinajstić information content (AvgIpc) is 3.16. The lowest BCUT2D eigenvalue weighted by atomic mass is 10.0. The summed E-state index contributed by atoms with van der Waals surface area (Å²) in [5.41, 5.74) is 3.62. The number of amides is 1. The van der Waals surface area contributed by atoms with Gasteiger partial charge in [-0.15, -0.1) is 10.2 Å². The maximum absolute atomic E-state index is 13.4. The molecule has 1 amide bonds. The monoisotopic (exact) mass is 556 g/mol. The van der Waals surface area contributed by atoms with Gasteiger partial charge in [-0.3, -0.25) is 4.79 Å². The minimum absolute atomic E-state index is 0.0383. The van der Waals surface area contributed by atoms with Gasteiger partial charge in [0.15, 0.2) is 5.69 Å². The Balaban J connectivity index is 1.61. The highest BCUT2D eigenvalue weighted by Crippen LogP contribution is 2.41. The summed E-state index contributed by atoms with van der Waals surface area (Å²) in [5, 5.41) is 20.7. The molecule has 5 aromatic rings. The van der Waals surface area contributed by atoms with Gasteiger partial charge in [-0.1, -0.05) is 60.1 Å². The van der Waals surface area contributed by atoms with Crippen molar-refractivity contribution in [3.63, 3.8) is 0 Å². The van der Waals surface area contributed by atoms with E-state index in [1.54, 1.807) is 23.8 Å². The van der Waals surface area contributed by atoms with Crippen molar-refractivity contribution < 1.29 is 14.6 Å². The zero-order chi connectivity index (χ0) is 26.1. The van der Waals surface area contributed by atoms with E-state index in [1.807, 2.05) is 60.7 Å². The fourth-order valence-electron chi connectivity index (χ4n) is 4.35. The van der Waals surface area contributed by atoms with E-state index in [4.69, 9.17) is 9.72 Å². The largest absolute Gasteiger partial charge is 0.497 e. The molecule has 8 heteroatoms. The van der Waals surface area contributed by atoms with Gasteiger partial charge in [0.2, 0.25) is 5.88 Å². The normalized spacial score (nSPS) is 11.7. The molecule has 0 atom stereocenters. The van der Waals surface area contributed by atoms with Crippen molar-refractivity contribution in [3.05, 3.63) is 82.8 Å². The van der Waals surface area contributed by atoms with Crippen LogP contribution in [0.5, 0.6) is 11.6 Å². The molecule has 0 radical (unpaired) electrons. The molecule has 0 saturated heterocycles. The maximum Gasteiger partial charge on any atom is 0.296 e. The molecular formula is C29H25BrN4O3. The van der Waals surface area contributed by atoms with Gasteiger partial charge in [-0.25, -0.2) is 4.98 Å². The molecule has 1 N–H and O–H groups in total. The standard InChI is InChI=1S/C29H25BrN4O3/c1-17(2)16-34-26-13-12-20(37-3)14-23(26)27(29(34)36)32-33-28(35)22-15-25(18-8-10-19(30)11-9-18)31-24-7-5-4-6-21(22)24/h4-15,17,36H,16H2,1-3H3. The molecule has 186 valence electrons. The van der Waals surface area contributed by atoms with Gasteiger partial charge < -0.3 is 14.4 Å². The van der Waals surface area contributed by atoms with Crippen LogP contribution in [0.2, 0.25) is 0 Å². The smallest absolute Gasteiger partial charge is 0.296 e. The first kappa shape index (κ1) is 24.6. The molecule has 2 aromatic heterocycles. The first-order valence-electron chi connectivity index (χ1n) is 11.9. The molecule has 0 aliphatic rings. The lowest BCUT2D eigenvalue weighted by molar-refractivity contribution is 0.0996. The number of carbonyl (C=O) groups excluding carboxylic acids is 1. The van der Waals surface area contributed by atoms with Crippen LogP contribution in [-0.2, 0) is 6.54 Å². The van der Waals surface area contributed by atoms with E-state index in [1.165, 1.54) is 0 Å². The lowest BCUT2D eigenvalue weighted by Crippen LogP contribution is -2.03. The van der Waals surface area contributed by atoms with Crippen LogP contribution in [0.25, 0.3) is 33.1 Å². The summed E-state index contributed by atoms with van der Waals surface area (Å²) in [6.07, 6.45) is 0. The predicted octanol–water partition coefficient (Wildman–Crippen LogP) is 7.91. The molecule has 0 fully saturated rings. The second kappa shape index (κ2) is 10.1. The van der Waals surface area contributed by atoms with Gasteiger partial charge in [0, 0.05) is 27.4 Å². The van der Waals surface area contributed by atoms with Crippen LogP contribution in [0, 0.1) is 5.92 Å². The fourth-order valence-corrected chi connectivity index (χ4v) is 4.61. The van der Waals surface area contributed by atoms with E-state index >= 15 is 0 Å². The summed E-state index contributed by atoms with van der Waals surface area (Å²) < 4.78 is 8.11. The number of azo groups is 1. The summed E-state index contributed by atoms with van der Waals surface area (Å²) in [4.78, 5) is 18.2. The van der Waals surface area contributed by atoms with E-state index in [-0.39, 0.29) is 17.5 Å². The van der Waals surface area contributed by atoms with Gasteiger partial charge in [0.1, 0.15) is 5.75 Å². The Morgan fingerprint density at radius 1 is 1.05 bits per heavy atom. The topological polar surface area (TPSA) is 89.1 Å². The number of halogens is 1. The minimum Gasteiger partial charge on any atom is -0.497 e. The Kier molecular flexibility index (Phi) is 6.76. The van der Waals surface area contributed by atoms with Gasteiger partial charge in [0.05, 0.1) is 29.4 Å². The number of aromatic nitrogens is 2. The molecule has 3 aromatic carbocycles. The fraction of sp³-hybridized carbons (Fsp3) is 0.172. The van der Waals surface area contributed by atoms with Crippen molar-refractivity contribution in [2.24, 2.45) is 16.1 Å². The van der Waals surface area contributed by atoms with Crippen molar-refractivity contribution in [2.45, 2.75) is 20.4 Å². The van der Waals surface area contributed by atoms with Crippen molar-refractivity contribution in [2.75, 3.05) is 7.11 Å². The molecule has 0 bridgehead atoms. The highest BCUT2D eigenvalue weighted by molar-refractivity contribution is 9.10. The highest BCUT2D eigenvalue weighted by Gasteiger charge is 2.20. The third-order valence-corrected chi connectivity index (χ3v) is 6.62. The van der Waals surface area contributed by atoms with E-state index in [0.717, 1.165) is 15.6 Å². The van der Waals surface area contributed by atoms with Crippen LogP contribution in [0.3, 0.4) is 0 Å². The SMILES string of the molecule is COc1ccc2c(c1)c(N=NC(=O)c1cc(-c3ccc(Br)cc3)nc3ccccc13)c(O)n2CC(C)C. The zero-order valence-electron chi connectivity index (χ0n) is 20.6. The molecule has 0 spiro atoms. The first-order chi connectivity index (χ1) is 17.9. The molecule has 37 heavy (non-hydrogen) atoms.